The fourth-order valence-electron chi connectivity index (χ4n) is 4.93. The van der Waals surface area contributed by atoms with E-state index in [1.165, 1.54) is 11.1 Å². The van der Waals surface area contributed by atoms with Gasteiger partial charge in [-0.05, 0) is 55.4 Å². The van der Waals surface area contributed by atoms with Gasteiger partial charge in [0.25, 0.3) is 5.91 Å². The van der Waals surface area contributed by atoms with Crippen molar-refractivity contribution in [3.05, 3.63) is 65.2 Å². The summed E-state index contributed by atoms with van der Waals surface area (Å²) in [6, 6.07) is 17.5. The van der Waals surface area contributed by atoms with Crippen LogP contribution in [0.25, 0.3) is 0 Å². The lowest BCUT2D eigenvalue weighted by molar-refractivity contribution is 0.0779. The van der Waals surface area contributed by atoms with Crippen LogP contribution in [0.15, 0.2) is 48.5 Å². The van der Waals surface area contributed by atoms with Crippen LogP contribution >= 0.6 is 0 Å². The van der Waals surface area contributed by atoms with E-state index in [2.05, 4.69) is 71.8 Å². The summed E-state index contributed by atoms with van der Waals surface area (Å²) in [6.07, 6.45) is 1.14. The second-order valence-corrected chi connectivity index (χ2v) is 8.47. The highest BCUT2D eigenvalue weighted by atomic mass is 16.2. The van der Waals surface area contributed by atoms with E-state index in [0.717, 1.165) is 50.4 Å². The Labute approximate surface area is 180 Å². The Bertz CT molecular complexity index is 865. The van der Waals surface area contributed by atoms with Gasteiger partial charge in [-0.25, -0.2) is 0 Å². The standard InChI is InChI=1S/C25H34N4O/c1-4-29(5-2)16-15-28(3)25(30)19-11-12-22-21(17-19)24-20(13-14-26-24)23(27-22)18-9-7-6-8-10-18/h6-12,17,20,23-24,26-27H,4-5,13-16H2,1-3H3. The van der Waals surface area contributed by atoms with Crippen molar-refractivity contribution in [2.75, 3.05) is 45.1 Å². The molecule has 5 nitrogen and oxygen atoms in total. The van der Waals surface area contributed by atoms with E-state index in [4.69, 9.17) is 0 Å². The summed E-state index contributed by atoms with van der Waals surface area (Å²) in [5.41, 5.74) is 4.48. The van der Waals surface area contributed by atoms with Gasteiger partial charge in [-0.2, -0.15) is 0 Å². The number of amides is 1. The van der Waals surface area contributed by atoms with Gasteiger partial charge in [0.2, 0.25) is 0 Å². The molecule has 0 radical (unpaired) electrons. The maximum Gasteiger partial charge on any atom is 0.253 e. The van der Waals surface area contributed by atoms with Gasteiger partial charge in [-0.3, -0.25) is 4.79 Å². The SMILES string of the molecule is CCN(CC)CCN(C)C(=O)c1ccc2c(c1)C1NCCC1C(c1ccccc1)N2. The lowest BCUT2D eigenvalue weighted by Crippen LogP contribution is -2.36. The molecule has 0 saturated carbocycles. The summed E-state index contributed by atoms with van der Waals surface area (Å²) in [6.45, 7) is 9.02. The predicted molar refractivity (Wildman–Crippen MR) is 123 cm³/mol. The predicted octanol–water partition coefficient (Wildman–Crippen LogP) is 3.92. The van der Waals surface area contributed by atoms with Crippen molar-refractivity contribution in [2.24, 2.45) is 5.92 Å². The first-order chi connectivity index (χ1) is 14.6. The maximum atomic E-state index is 13.1. The summed E-state index contributed by atoms with van der Waals surface area (Å²) < 4.78 is 0. The van der Waals surface area contributed by atoms with Crippen molar-refractivity contribution in [3.8, 4) is 0 Å². The van der Waals surface area contributed by atoms with Crippen LogP contribution in [0.4, 0.5) is 5.69 Å². The van der Waals surface area contributed by atoms with E-state index in [-0.39, 0.29) is 5.91 Å². The molecule has 0 aliphatic carbocycles. The third-order valence-electron chi connectivity index (χ3n) is 6.79. The van der Waals surface area contributed by atoms with Crippen LogP contribution < -0.4 is 10.6 Å². The molecule has 1 fully saturated rings. The van der Waals surface area contributed by atoms with E-state index >= 15 is 0 Å². The maximum absolute atomic E-state index is 13.1. The van der Waals surface area contributed by atoms with Crippen LogP contribution in [-0.4, -0.2) is 55.5 Å². The average Bonchev–Trinajstić information content (AvgIpc) is 3.29. The minimum absolute atomic E-state index is 0.102. The molecule has 0 aromatic heterocycles. The number of fused-ring (bicyclic) bond motifs is 3. The first kappa shape index (κ1) is 20.9. The van der Waals surface area contributed by atoms with Crippen LogP contribution in [0.1, 0.15) is 53.8 Å². The van der Waals surface area contributed by atoms with Crippen molar-refractivity contribution >= 4 is 11.6 Å². The number of likely N-dealkylation sites (N-methyl/N-ethyl adjacent to an activating group) is 2. The van der Waals surface area contributed by atoms with Crippen LogP contribution in [0.3, 0.4) is 0 Å². The third kappa shape index (κ3) is 4.09. The molecule has 3 atom stereocenters. The van der Waals surface area contributed by atoms with Gasteiger partial charge in [0.05, 0.1) is 6.04 Å². The van der Waals surface area contributed by atoms with Crippen LogP contribution in [0.5, 0.6) is 0 Å². The van der Waals surface area contributed by atoms with Crippen molar-refractivity contribution in [2.45, 2.75) is 32.4 Å². The molecule has 2 aromatic rings. The second-order valence-electron chi connectivity index (χ2n) is 8.47. The number of hydrogen-bond acceptors (Lipinski definition) is 4. The normalized spacial score (nSPS) is 22.3. The summed E-state index contributed by atoms with van der Waals surface area (Å²) in [5, 5.41) is 7.46. The molecule has 2 aromatic carbocycles. The lowest BCUT2D eigenvalue weighted by atomic mass is 9.80. The minimum Gasteiger partial charge on any atom is -0.378 e. The Morgan fingerprint density at radius 2 is 1.80 bits per heavy atom. The zero-order valence-electron chi connectivity index (χ0n) is 18.4. The molecule has 2 aliphatic heterocycles. The Morgan fingerprint density at radius 1 is 1.03 bits per heavy atom. The molecule has 2 aliphatic rings. The average molecular weight is 407 g/mol. The van der Waals surface area contributed by atoms with Gasteiger partial charge in [0.15, 0.2) is 0 Å². The van der Waals surface area contributed by atoms with Gasteiger partial charge in [-0.15, -0.1) is 0 Å². The van der Waals surface area contributed by atoms with Crippen molar-refractivity contribution in [1.82, 2.24) is 15.1 Å². The van der Waals surface area contributed by atoms with Crippen LogP contribution in [0.2, 0.25) is 0 Å². The molecule has 1 amide bonds. The zero-order valence-corrected chi connectivity index (χ0v) is 18.4. The highest BCUT2D eigenvalue weighted by molar-refractivity contribution is 5.95. The summed E-state index contributed by atoms with van der Waals surface area (Å²) in [4.78, 5) is 17.3. The Hall–Kier alpha value is -2.37. The number of hydrogen-bond donors (Lipinski definition) is 2. The van der Waals surface area contributed by atoms with Gasteiger partial charge >= 0.3 is 0 Å². The smallest absolute Gasteiger partial charge is 0.253 e. The number of benzene rings is 2. The highest BCUT2D eigenvalue weighted by Crippen LogP contribution is 2.47. The van der Waals surface area contributed by atoms with Crippen LogP contribution in [0, 0.1) is 5.92 Å². The monoisotopic (exact) mass is 406 g/mol. The molecule has 0 spiro atoms. The molecule has 5 heteroatoms. The number of carbonyl (C=O) groups is 1. The Morgan fingerprint density at radius 3 is 2.53 bits per heavy atom. The highest BCUT2D eigenvalue weighted by Gasteiger charge is 2.40. The fraction of sp³-hybridized carbons (Fsp3) is 0.480. The molecule has 0 bridgehead atoms. The number of carbonyl (C=O) groups excluding carboxylic acids is 1. The van der Waals surface area contributed by atoms with Crippen molar-refractivity contribution in [1.29, 1.82) is 0 Å². The van der Waals surface area contributed by atoms with Crippen LogP contribution in [-0.2, 0) is 0 Å². The van der Waals surface area contributed by atoms with Gasteiger partial charge in [0.1, 0.15) is 0 Å². The minimum atomic E-state index is 0.102. The summed E-state index contributed by atoms with van der Waals surface area (Å²) in [5.74, 6) is 0.593. The molecule has 1 saturated heterocycles. The first-order valence-corrected chi connectivity index (χ1v) is 11.3. The summed E-state index contributed by atoms with van der Waals surface area (Å²) >= 11 is 0. The van der Waals surface area contributed by atoms with Gasteiger partial charge in [0, 0.05) is 43.3 Å². The zero-order chi connectivity index (χ0) is 21.1. The lowest BCUT2D eigenvalue weighted by Gasteiger charge is -2.37. The summed E-state index contributed by atoms with van der Waals surface area (Å²) in [7, 11) is 1.91. The van der Waals surface area contributed by atoms with E-state index in [0.29, 0.717) is 18.0 Å². The molecular formula is C25H34N4O. The molecule has 4 rings (SSSR count). The quantitative estimate of drug-likeness (QED) is 0.732. The number of rotatable bonds is 7. The number of nitrogens with zero attached hydrogens (tertiary/aromatic N) is 2. The number of anilines is 1. The largest absolute Gasteiger partial charge is 0.378 e. The molecule has 2 heterocycles. The molecule has 2 N–H and O–H groups in total. The molecular weight excluding hydrogens is 372 g/mol. The fourth-order valence-corrected chi connectivity index (χ4v) is 4.93. The van der Waals surface area contributed by atoms with E-state index in [9.17, 15) is 4.79 Å². The third-order valence-corrected chi connectivity index (χ3v) is 6.79. The molecule has 30 heavy (non-hydrogen) atoms. The van der Waals surface area contributed by atoms with E-state index in [1.54, 1.807) is 0 Å². The Kier molecular flexibility index (Phi) is 6.40. The second kappa shape index (κ2) is 9.19. The van der Waals surface area contributed by atoms with Crippen molar-refractivity contribution < 1.29 is 4.79 Å². The van der Waals surface area contributed by atoms with Gasteiger partial charge < -0.3 is 20.4 Å². The first-order valence-electron chi connectivity index (χ1n) is 11.3. The molecule has 160 valence electrons. The van der Waals surface area contributed by atoms with E-state index < -0.39 is 0 Å². The van der Waals surface area contributed by atoms with E-state index in [1.807, 2.05) is 18.0 Å². The number of nitrogens with one attached hydrogen (secondary N) is 2. The van der Waals surface area contributed by atoms with Crippen molar-refractivity contribution in [3.63, 3.8) is 0 Å². The van der Waals surface area contributed by atoms with Gasteiger partial charge in [-0.1, -0.05) is 44.2 Å². The Balaban J connectivity index is 1.54. The molecule has 3 unspecified atom stereocenters. The topological polar surface area (TPSA) is 47.6 Å².